The third kappa shape index (κ3) is 8.19. The molecule has 2 saturated heterocycles. The maximum atomic E-state index is 15.0. The molecule has 0 saturated carbocycles. The Morgan fingerprint density at radius 3 is 1.45 bits per heavy atom. The number of hydrogen-bond donors (Lipinski definition) is 1. The highest BCUT2D eigenvalue weighted by Gasteiger charge is 2.55. The minimum atomic E-state index is -1.56. The average Bonchev–Trinajstić information content (AvgIpc) is 2.96. The van der Waals surface area contributed by atoms with Crippen molar-refractivity contribution in [2.75, 3.05) is 14.1 Å². The number of likely N-dealkylation sites (N-methyl/N-ethyl adjacent to an activating group) is 2. The molecule has 2 aliphatic rings. The first kappa shape index (κ1) is 41.3. The second-order valence-corrected chi connectivity index (χ2v) is 19.8. The molecule has 3 rings (SSSR count). The minimum Gasteiger partial charge on any atom is -0.507 e. The van der Waals surface area contributed by atoms with Gasteiger partial charge < -0.3 is 14.6 Å². The zero-order valence-electron chi connectivity index (χ0n) is 34.4. The highest BCUT2D eigenvalue weighted by molar-refractivity contribution is 6.00. The summed E-state index contributed by atoms with van der Waals surface area (Å²) in [6, 6.07) is 3.99. The van der Waals surface area contributed by atoms with Crippen LogP contribution in [0.25, 0.3) is 0 Å². The van der Waals surface area contributed by atoms with Crippen LogP contribution in [0.15, 0.2) is 12.1 Å². The number of rotatable bonds is 9. The van der Waals surface area contributed by atoms with E-state index in [9.17, 15) is 5.11 Å². The molecule has 0 radical (unpaired) electrons. The Balaban J connectivity index is 2.22. The molecule has 2 unspecified atom stereocenters. The summed E-state index contributed by atoms with van der Waals surface area (Å²) < 4.78 is 13.2. The molecular formula is C42H72N2O5. The summed E-state index contributed by atoms with van der Waals surface area (Å²) in [5.41, 5.74) is -0.804. The van der Waals surface area contributed by atoms with E-state index in [1.165, 1.54) is 0 Å². The van der Waals surface area contributed by atoms with Crippen molar-refractivity contribution in [3.63, 3.8) is 0 Å². The summed E-state index contributed by atoms with van der Waals surface area (Å²) in [6.07, 6.45) is 4.34. The zero-order valence-corrected chi connectivity index (χ0v) is 34.4. The van der Waals surface area contributed by atoms with Gasteiger partial charge in [0.1, 0.15) is 18.0 Å². The number of phenols is 1. The van der Waals surface area contributed by atoms with E-state index in [-0.39, 0.29) is 46.3 Å². The summed E-state index contributed by atoms with van der Waals surface area (Å²) in [5, 5.41) is 11.5. The number of unbranched alkanes of at least 4 members (excludes halogenated alkanes) is 1. The van der Waals surface area contributed by atoms with Gasteiger partial charge in [0.05, 0.1) is 11.1 Å². The first-order valence-electron chi connectivity index (χ1n) is 18.8. The van der Waals surface area contributed by atoms with Gasteiger partial charge in [-0.3, -0.25) is 19.4 Å². The van der Waals surface area contributed by atoms with Crippen molar-refractivity contribution in [1.82, 2.24) is 9.80 Å². The lowest BCUT2D eigenvalue weighted by atomic mass is 9.73. The number of carbonyl (C=O) groups excluding carboxylic acids is 2. The summed E-state index contributed by atoms with van der Waals surface area (Å²) >= 11 is 0. The van der Waals surface area contributed by atoms with E-state index in [1.807, 2.05) is 12.1 Å². The van der Waals surface area contributed by atoms with Crippen LogP contribution in [0.1, 0.15) is 165 Å². The zero-order chi connectivity index (χ0) is 37.8. The average molecular weight is 685 g/mol. The number of carbonyl (C=O) groups is 2. The smallest absolute Gasteiger partial charge is 0.324 e. The van der Waals surface area contributed by atoms with Crippen LogP contribution in [-0.4, -0.2) is 75.3 Å². The van der Waals surface area contributed by atoms with Crippen LogP contribution in [0.5, 0.6) is 5.75 Å². The molecule has 2 heterocycles. The fourth-order valence-electron chi connectivity index (χ4n) is 8.18. The molecule has 0 aliphatic carbocycles. The Morgan fingerprint density at radius 1 is 0.755 bits per heavy atom. The maximum Gasteiger partial charge on any atom is 0.324 e. The van der Waals surface area contributed by atoms with Gasteiger partial charge in [0.25, 0.3) is 0 Å². The van der Waals surface area contributed by atoms with Crippen molar-refractivity contribution < 1.29 is 24.2 Å². The highest BCUT2D eigenvalue weighted by atomic mass is 16.6. The van der Waals surface area contributed by atoms with Crippen molar-refractivity contribution in [2.45, 2.75) is 200 Å². The van der Waals surface area contributed by atoms with Gasteiger partial charge in [0.2, 0.25) is 0 Å². The Hall–Kier alpha value is -2.12. The Kier molecular flexibility index (Phi) is 11.6. The van der Waals surface area contributed by atoms with Crippen molar-refractivity contribution >= 4 is 11.9 Å². The van der Waals surface area contributed by atoms with E-state index in [0.29, 0.717) is 25.7 Å². The van der Waals surface area contributed by atoms with Gasteiger partial charge in [0.15, 0.2) is 5.41 Å². The molecule has 7 heteroatoms. The van der Waals surface area contributed by atoms with Gasteiger partial charge >= 0.3 is 11.9 Å². The van der Waals surface area contributed by atoms with E-state index in [2.05, 4.69) is 128 Å². The van der Waals surface area contributed by atoms with E-state index in [0.717, 1.165) is 36.0 Å². The molecule has 1 N–H and O–H groups in total. The molecular weight excluding hydrogens is 612 g/mol. The molecule has 0 spiro atoms. The van der Waals surface area contributed by atoms with Gasteiger partial charge in [-0.25, -0.2) is 0 Å². The lowest BCUT2D eigenvalue weighted by molar-refractivity contribution is -0.196. The van der Waals surface area contributed by atoms with Crippen molar-refractivity contribution in [3.8, 4) is 5.75 Å². The standard InChI is InChI=1S/C42H72N2O5/c1-18-19-22-42(34(46)48-31-20-23-38(8,9)43(16)40(31,12)13,35(47)49-32-21-24-39(10,11)44(17)41(32,14)15)27-28-25-29(36(2,3)4)33(45)30(26-28)37(5,6)7/h25-26,31-32,45H,18-24,27H2,1-17H3. The van der Waals surface area contributed by atoms with Crippen molar-refractivity contribution in [3.05, 3.63) is 28.8 Å². The summed E-state index contributed by atoms with van der Waals surface area (Å²) in [7, 11) is 4.19. The van der Waals surface area contributed by atoms with Crippen LogP contribution in [-0.2, 0) is 36.3 Å². The number of benzene rings is 1. The number of piperidine rings is 2. The van der Waals surface area contributed by atoms with E-state index >= 15 is 9.59 Å². The Labute approximate surface area is 299 Å². The first-order valence-corrected chi connectivity index (χ1v) is 18.8. The molecule has 0 aromatic heterocycles. The highest BCUT2D eigenvalue weighted by Crippen LogP contribution is 2.46. The molecule has 2 fully saturated rings. The maximum absolute atomic E-state index is 15.0. The second-order valence-electron chi connectivity index (χ2n) is 19.8. The van der Waals surface area contributed by atoms with Crippen molar-refractivity contribution in [2.24, 2.45) is 5.41 Å². The fourth-order valence-corrected chi connectivity index (χ4v) is 8.18. The normalized spacial score (nSPS) is 25.3. The molecule has 280 valence electrons. The van der Waals surface area contributed by atoms with Crippen molar-refractivity contribution in [1.29, 1.82) is 0 Å². The predicted molar refractivity (Wildman–Crippen MR) is 201 cm³/mol. The number of esters is 2. The van der Waals surface area contributed by atoms with Gasteiger partial charge in [-0.1, -0.05) is 73.4 Å². The summed E-state index contributed by atoms with van der Waals surface area (Å²) in [6.45, 7) is 32.0. The van der Waals surface area contributed by atoms with Crippen LogP contribution >= 0.6 is 0 Å². The molecule has 7 nitrogen and oxygen atoms in total. The molecule has 0 bridgehead atoms. The van der Waals surface area contributed by atoms with E-state index in [4.69, 9.17) is 9.47 Å². The molecule has 1 aromatic rings. The predicted octanol–water partition coefficient (Wildman–Crippen LogP) is 9.10. The van der Waals surface area contributed by atoms with Gasteiger partial charge in [-0.2, -0.15) is 0 Å². The molecule has 2 aliphatic heterocycles. The number of likely N-dealkylation sites (tertiary alicyclic amines) is 2. The SMILES string of the molecule is CCCCC(Cc1cc(C(C)(C)C)c(O)c(C(C)(C)C)c1)(C(=O)OC1CCC(C)(C)N(C)C1(C)C)C(=O)OC1CCC(C)(C)N(C)C1(C)C. The van der Waals surface area contributed by atoms with Crippen LogP contribution in [0.3, 0.4) is 0 Å². The number of hydrogen-bond acceptors (Lipinski definition) is 7. The fraction of sp³-hybridized carbons (Fsp3) is 0.810. The molecule has 1 aromatic carbocycles. The number of nitrogens with zero attached hydrogens (tertiary/aromatic N) is 2. The monoisotopic (exact) mass is 685 g/mol. The first-order chi connectivity index (χ1) is 22.1. The molecule has 49 heavy (non-hydrogen) atoms. The summed E-state index contributed by atoms with van der Waals surface area (Å²) in [5.74, 6) is -0.721. The molecule has 2 atom stereocenters. The quantitative estimate of drug-likeness (QED) is 0.205. The van der Waals surface area contributed by atoms with Crippen LogP contribution < -0.4 is 0 Å². The Morgan fingerprint density at radius 2 is 1.12 bits per heavy atom. The van der Waals surface area contributed by atoms with Crippen LogP contribution in [0, 0.1) is 5.41 Å². The second kappa shape index (κ2) is 13.8. The Bertz CT molecular complexity index is 1270. The minimum absolute atomic E-state index is 0.0459. The van der Waals surface area contributed by atoms with Crippen LogP contribution in [0.4, 0.5) is 0 Å². The topological polar surface area (TPSA) is 79.3 Å². The lowest BCUT2D eigenvalue weighted by Crippen LogP contribution is -2.65. The largest absolute Gasteiger partial charge is 0.507 e. The van der Waals surface area contributed by atoms with E-state index < -0.39 is 28.4 Å². The third-order valence-corrected chi connectivity index (χ3v) is 12.7. The number of aromatic hydroxyl groups is 1. The van der Waals surface area contributed by atoms with Gasteiger partial charge in [-0.15, -0.1) is 0 Å². The van der Waals surface area contributed by atoms with Gasteiger partial charge in [-0.05, 0) is 136 Å². The number of phenolic OH excluding ortho intramolecular Hbond substituents is 1. The van der Waals surface area contributed by atoms with Crippen LogP contribution in [0.2, 0.25) is 0 Å². The number of ether oxygens (including phenoxy) is 2. The third-order valence-electron chi connectivity index (χ3n) is 12.7. The van der Waals surface area contributed by atoms with E-state index in [1.54, 1.807) is 0 Å². The van der Waals surface area contributed by atoms with Gasteiger partial charge in [0, 0.05) is 11.1 Å². The summed E-state index contributed by atoms with van der Waals surface area (Å²) in [4.78, 5) is 34.7. The molecule has 0 amide bonds. The lowest BCUT2D eigenvalue weighted by Gasteiger charge is -2.55.